The Morgan fingerprint density at radius 2 is 2.09 bits per heavy atom. The predicted octanol–water partition coefficient (Wildman–Crippen LogP) is 1.65. The molecule has 3 heterocycles. The number of nitrogens with zero attached hydrogens (tertiary/aromatic N) is 2. The van der Waals surface area contributed by atoms with Crippen molar-refractivity contribution in [3.8, 4) is 5.75 Å². The maximum Gasteiger partial charge on any atom is 0.255 e. The molecule has 3 atom stereocenters. The third-order valence-electron chi connectivity index (χ3n) is 4.49. The van der Waals surface area contributed by atoms with Crippen LogP contribution in [0.1, 0.15) is 21.8 Å². The van der Waals surface area contributed by atoms with Crippen LogP contribution in [0.15, 0.2) is 48.8 Å². The number of rotatable bonds is 1. The smallest absolute Gasteiger partial charge is 0.255 e. The van der Waals surface area contributed by atoms with Crippen molar-refractivity contribution in [3.05, 3.63) is 59.9 Å². The minimum Gasteiger partial charge on any atom is -0.464 e. The molecule has 0 radical (unpaired) electrons. The third kappa shape index (κ3) is 2.05. The molecule has 112 valence electrons. The van der Waals surface area contributed by atoms with Crippen LogP contribution in [-0.2, 0) is 0 Å². The summed E-state index contributed by atoms with van der Waals surface area (Å²) in [7, 11) is 0. The molecule has 0 aliphatic carbocycles. The molecule has 1 aromatic heterocycles. The SMILES string of the molecule is O=C(c1cccnc1)N1C[C@@H]2c3ccccc3OC(O)[C@@H]2C1. The number of amides is 1. The van der Waals surface area contributed by atoms with E-state index in [1.165, 1.54) is 0 Å². The number of benzene rings is 1. The number of likely N-dealkylation sites (tertiary alicyclic amines) is 1. The van der Waals surface area contributed by atoms with Crippen LogP contribution in [0, 0.1) is 5.92 Å². The largest absolute Gasteiger partial charge is 0.464 e. The number of fused-ring (bicyclic) bond motifs is 3. The van der Waals surface area contributed by atoms with Gasteiger partial charge in [-0.1, -0.05) is 18.2 Å². The first-order valence-corrected chi connectivity index (χ1v) is 7.37. The Bertz CT molecular complexity index is 704. The monoisotopic (exact) mass is 296 g/mol. The Balaban J connectivity index is 1.63. The normalized spacial score (nSPS) is 26.0. The van der Waals surface area contributed by atoms with E-state index in [-0.39, 0.29) is 17.7 Å². The van der Waals surface area contributed by atoms with Crippen LogP contribution < -0.4 is 4.74 Å². The van der Waals surface area contributed by atoms with Gasteiger partial charge in [0.05, 0.1) is 5.56 Å². The molecular weight excluding hydrogens is 280 g/mol. The van der Waals surface area contributed by atoms with Crippen molar-refractivity contribution >= 4 is 5.91 Å². The summed E-state index contributed by atoms with van der Waals surface area (Å²) in [6, 6.07) is 11.2. The van der Waals surface area contributed by atoms with Crippen molar-refractivity contribution in [3.63, 3.8) is 0 Å². The van der Waals surface area contributed by atoms with Gasteiger partial charge in [0.2, 0.25) is 6.29 Å². The minimum atomic E-state index is -0.869. The molecule has 0 saturated carbocycles. The van der Waals surface area contributed by atoms with E-state index >= 15 is 0 Å². The molecule has 22 heavy (non-hydrogen) atoms. The Hall–Kier alpha value is -2.40. The highest BCUT2D eigenvalue weighted by Gasteiger charge is 2.45. The van der Waals surface area contributed by atoms with E-state index in [0.717, 1.165) is 5.56 Å². The van der Waals surface area contributed by atoms with Gasteiger partial charge in [0.1, 0.15) is 5.75 Å². The maximum atomic E-state index is 12.6. The van der Waals surface area contributed by atoms with Crippen molar-refractivity contribution in [2.24, 2.45) is 5.92 Å². The fraction of sp³-hybridized carbons (Fsp3) is 0.294. The zero-order chi connectivity index (χ0) is 15.1. The molecule has 1 aromatic carbocycles. The van der Waals surface area contributed by atoms with Gasteiger partial charge in [-0.15, -0.1) is 0 Å². The first kappa shape index (κ1) is 13.3. The van der Waals surface area contributed by atoms with Gasteiger partial charge in [-0.25, -0.2) is 0 Å². The second kappa shape index (κ2) is 5.10. The summed E-state index contributed by atoms with van der Waals surface area (Å²) in [5.74, 6) is 0.690. The van der Waals surface area contributed by atoms with Crippen molar-refractivity contribution in [2.45, 2.75) is 12.2 Å². The summed E-state index contributed by atoms with van der Waals surface area (Å²) in [6.45, 7) is 1.09. The van der Waals surface area contributed by atoms with Gasteiger partial charge in [-0.05, 0) is 23.8 Å². The van der Waals surface area contributed by atoms with E-state index in [9.17, 15) is 9.90 Å². The molecule has 1 unspecified atom stereocenters. The number of hydrogen-bond donors (Lipinski definition) is 1. The summed E-state index contributed by atoms with van der Waals surface area (Å²) in [4.78, 5) is 18.3. The Morgan fingerprint density at radius 1 is 1.23 bits per heavy atom. The molecule has 2 aromatic rings. The first-order valence-electron chi connectivity index (χ1n) is 7.37. The fourth-order valence-corrected chi connectivity index (χ4v) is 3.40. The lowest BCUT2D eigenvalue weighted by Gasteiger charge is -2.31. The lowest BCUT2D eigenvalue weighted by molar-refractivity contribution is -0.0734. The number of aromatic nitrogens is 1. The quantitative estimate of drug-likeness (QED) is 0.869. The van der Waals surface area contributed by atoms with Crippen LogP contribution in [0.2, 0.25) is 0 Å². The second-order valence-electron chi connectivity index (χ2n) is 5.77. The van der Waals surface area contributed by atoms with Crippen molar-refractivity contribution in [1.29, 1.82) is 0 Å². The Kier molecular flexibility index (Phi) is 3.08. The number of carbonyl (C=O) groups is 1. The minimum absolute atomic E-state index is 0.0489. The topological polar surface area (TPSA) is 62.7 Å². The summed E-state index contributed by atoms with van der Waals surface area (Å²) >= 11 is 0. The highest BCUT2D eigenvalue weighted by molar-refractivity contribution is 5.94. The van der Waals surface area contributed by atoms with E-state index in [2.05, 4.69) is 4.98 Å². The third-order valence-corrected chi connectivity index (χ3v) is 4.49. The summed E-state index contributed by atoms with van der Waals surface area (Å²) in [6.07, 6.45) is 2.35. The Labute approximate surface area is 128 Å². The number of hydrogen-bond acceptors (Lipinski definition) is 4. The predicted molar refractivity (Wildman–Crippen MR) is 79.4 cm³/mol. The molecule has 1 amide bonds. The average molecular weight is 296 g/mol. The number of ether oxygens (including phenoxy) is 1. The van der Waals surface area contributed by atoms with Gasteiger partial charge < -0.3 is 14.7 Å². The molecule has 2 aliphatic rings. The molecule has 5 nitrogen and oxygen atoms in total. The lowest BCUT2D eigenvalue weighted by atomic mass is 9.86. The van der Waals surface area contributed by atoms with E-state index in [4.69, 9.17) is 4.74 Å². The summed E-state index contributed by atoms with van der Waals surface area (Å²) < 4.78 is 5.58. The van der Waals surface area contributed by atoms with E-state index < -0.39 is 6.29 Å². The number of pyridine rings is 1. The van der Waals surface area contributed by atoms with Crippen LogP contribution in [0.4, 0.5) is 0 Å². The highest BCUT2D eigenvalue weighted by Crippen LogP contribution is 2.43. The van der Waals surface area contributed by atoms with Gasteiger partial charge in [0.15, 0.2) is 0 Å². The van der Waals surface area contributed by atoms with Gasteiger partial charge in [-0.2, -0.15) is 0 Å². The van der Waals surface area contributed by atoms with Crippen molar-refractivity contribution < 1.29 is 14.6 Å². The number of para-hydroxylation sites is 1. The number of aliphatic hydroxyl groups is 1. The molecule has 4 rings (SSSR count). The second-order valence-corrected chi connectivity index (χ2v) is 5.77. The van der Waals surface area contributed by atoms with Crippen molar-refractivity contribution in [2.75, 3.05) is 13.1 Å². The van der Waals surface area contributed by atoms with Gasteiger partial charge in [0, 0.05) is 37.3 Å². The van der Waals surface area contributed by atoms with E-state index in [0.29, 0.717) is 24.4 Å². The number of aliphatic hydroxyl groups excluding tert-OH is 1. The molecule has 1 fully saturated rings. The van der Waals surface area contributed by atoms with Crippen LogP contribution >= 0.6 is 0 Å². The molecule has 0 bridgehead atoms. The molecule has 1 N–H and O–H groups in total. The Morgan fingerprint density at radius 3 is 2.91 bits per heavy atom. The summed E-state index contributed by atoms with van der Waals surface area (Å²) in [5.41, 5.74) is 1.64. The van der Waals surface area contributed by atoms with E-state index in [1.807, 2.05) is 24.3 Å². The first-order chi connectivity index (χ1) is 10.7. The molecule has 2 aliphatic heterocycles. The highest BCUT2D eigenvalue weighted by atomic mass is 16.6. The van der Waals surface area contributed by atoms with Crippen molar-refractivity contribution in [1.82, 2.24) is 9.88 Å². The molecule has 1 saturated heterocycles. The summed E-state index contributed by atoms with van der Waals surface area (Å²) in [5, 5.41) is 10.2. The van der Waals surface area contributed by atoms with Crippen LogP contribution in [0.3, 0.4) is 0 Å². The zero-order valence-corrected chi connectivity index (χ0v) is 11.9. The standard InChI is InChI=1S/C17H16N2O3/c20-16(11-4-3-7-18-8-11)19-9-13-12-5-1-2-6-15(12)22-17(21)14(13)10-19/h1-8,13-14,17,21H,9-10H2/t13-,14-,17?/m1/s1. The van der Waals surface area contributed by atoms with Gasteiger partial charge in [0.25, 0.3) is 5.91 Å². The lowest BCUT2D eigenvalue weighted by Crippen LogP contribution is -2.36. The van der Waals surface area contributed by atoms with Gasteiger partial charge in [-0.3, -0.25) is 9.78 Å². The number of carbonyl (C=O) groups excluding carboxylic acids is 1. The molecular formula is C17H16N2O3. The van der Waals surface area contributed by atoms with Crippen LogP contribution in [0.5, 0.6) is 5.75 Å². The fourth-order valence-electron chi connectivity index (χ4n) is 3.40. The van der Waals surface area contributed by atoms with Crippen LogP contribution in [0.25, 0.3) is 0 Å². The van der Waals surface area contributed by atoms with Crippen LogP contribution in [-0.4, -0.2) is 40.3 Å². The molecule has 0 spiro atoms. The average Bonchev–Trinajstić information content (AvgIpc) is 3.01. The van der Waals surface area contributed by atoms with E-state index in [1.54, 1.807) is 29.4 Å². The maximum absolute atomic E-state index is 12.6. The zero-order valence-electron chi connectivity index (χ0n) is 11.9. The van der Waals surface area contributed by atoms with Gasteiger partial charge >= 0.3 is 0 Å². The molecule has 5 heteroatoms.